The van der Waals surface area contributed by atoms with Crippen LogP contribution in [0, 0.1) is 6.92 Å². The Morgan fingerprint density at radius 3 is 2.38 bits per heavy atom. The summed E-state index contributed by atoms with van der Waals surface area (Å²) in [5, 5.41) is 24.6. The standard InChI is InChI=1S/C24H22O2/c1-15-5-3-8-22-18(12-20(26)14-23(15)22)11-16(2)21-7-4-6-17-9-10-19(25)13-24(17)21/h3-10,12-14,16,25-26H,11H2,1-2H3. The zero-order chi connectivity index (χ0) is 18.3. The van der Waals surface area contributed by atoms with Crippen LogP contribution in [0.25, 0.3) is 21.5 Å². The molecule has 130 valence electrons. The van der Waals surface area contributed by atoms with Gasteiger partial charge in [-0.3, -0.25) is 0 Å². The molecule has 0 amide bonds. The number of hydrogen-bond donors (Lipinski definition) is 2. The molecule has 26 heavy (non-hydrogen) atoms. The molecule has 0 aliphatic rings. The lowest BCUT2D eigenvalue weighted by Gasteiger charge is -2.17. The van der Waals surface area contributed by atoms with Crippen LogP contribution in [0.1, 0.15) is 29.5 Å². The first-order valence-electron chi connectivity index (χ1n) is 8.96. The third kappa shape index (κ3) is 2.88. The van der Waals surface area contributed by atoms with Gasteiger partial charge in [0.15, 0.2) is 0 Å². The van der Waals surface area contributed by atoms with Crippen molar-refractivity contribution in [2.75, 3.05) is 0 Å². The number of rotatable bonds is 3. The van der Waals surface area contributed by atoms with Gasteiger partial charge in [0.1, 0.15) is 11.5 Å². The van der Waals surface area contributed by atoms with Crippen LogP contribution in [0.3, 0.4) is 0 Å². The average molecular weight is 342 g/mol. The molecular weight excluding hydrogens is 320 g/mol. The van der Waals surface area contributed by atoms with Gasteiger partial charge in [0.2, 0.25) is 0 Å². The molecule has 0 spiro atoms. The fourth-order valence-electron chi connectivity index (χ4n) is 3.92. The van der Waals surface area contributed by atoms with Crippen molar-refractivity contribution in [1.82, 2.24) is 0 Å². The van der Waals surface area contributed by atoms with E-state index in [1.165, 1.54) is 16.5 Å². The van der Waals surface area contributed by atoms with Crippen molar-refractivity contribution in [2.45, 2.75) is 26.2 Å². The second-order valence-corrected chi connectivity index (χ2v) is 7.13. The molecule has 0 aliphatic heterocycles. The Hall–Kier alpha value is -3.00. The van der Waals surface area contributed by atoms with Crippen LogP contribution >= 0.6 is 0 Å². The van der Waals surface area contributed by atoms with Gasteiger partial charge in [-0.15, -0.1) is 0 Å². The summed E-state index contributed by atoms with van der Waals surface area (Å²) in [6.07, 6.45) is 0.823. The number of phenols is 2. The smallest absolute Gasteiger partial charge is 0.116 e. The van der Waals surface area contributed by atoms with E-state index in [2.05, 4.69) is 50.2 Å². The predicted molar refractivity (Wildman–Crippen MR) is 108 cm³/mol. The van der Waals surface area contributed by atoms with E-state index in [0.29, 0.717) is 5.75 Å². The number of aryl methyl sites for hydroxylation is 1. The van der Waals surface area contributed by atoms with Crippen LogP contribution in [-0.4, -0.2) is 10.2 Å². The number of hydrogen-bond acceptors (Lipinski definition) is 2. The van der Waals surface area contributed by atoms with Gasteiger partial charge in [0.25, 0.3) is 0 Å². The van der Waals surface area contributed by atoms with E-state index in [1.54, 1.807) is 6.07 Å². The van der Waals surface area contributed by atoms with Crippen LogP contribution in [0.4, 0.5) is 0 Å². The van der Waals surface area contributed by atoms with Crippen LogP contribution in [0.15, 0.2) is 66.7 Å². The van der Waals surface area contributed by atoms with E-state index in [0.717, 1.165) is 28.1 Å². The van der Waals surface area contributed by atoms with Gasteiger partial charge in [0.05, 0.1) is 0 Å². The van der Waals surface area contributed by atoms with E-state index in [-0.39, 0.29) is 11.7 Å². The van der Waals surface area contributed by atoms with Crippen molar-refractivity contribution in [3.8, 4) is 11.5 Å². The maximum Gasteiger partial charge on any atom is 0.116 e. The highest BCUT2D eigenvalue weighted by molar-refractivity contribution is 5.90. The van der Waals surface area contributed by atoms with Crippen molar-refractivity contribution in [3.63, 3.8) is 0 Å². The topological polar surface area (TPSA) is 40.5 Å². The van der Waals surface area contributed by atoms with Crippen molar-refractivity contribution in [1.29, 1.82) is 0 Å². The van der Waals surface area contributed by atoms with E-state index in [1.807, 2.05) is 24.3 Å². The Labute approximate surface area is 153 Å². The summed E-state index contributed by atoms with van der Waals surface area (Å²) in [5.41, 5.74) is 3.53. The van der Waals surface area contributed by atoms with Crippen molar-refractivity contribution in [2.24, 2.45) is 0 Å². The highest BCUT2D eigenvalue weighted by atomic mass is 16.3. The van der Waals surface area contributed by atoms with Crippen molar-refractivity contribution >= 4 is 21.5 Å². The minimum absolute atomic E-state index is 0.256. The molecule has 2 nitrogen and oxygen atoms in total. The SMILES string of the molecule is Cc1cccc2c(CC(C)c3cccc4ccc(O)cc34)cc(O)cc12. The Balaban J connectivity index is 1.80. The molecule has 0 heterocycles. The fraction of sp³-hybridized carbons (Fsp3) is 0.167. The zero-order valence-corrected chi connectivity index (χ0v) is 15.0. The van der Waals surface area contributed by atoms with Gasteiger partial charge < -0.3 is 10.2 Å². The van der Waals surface area contributed by atoms with E-state index in [9.17, 15) is 10.2 Å². The first kappa shape index (κ1) is 16.5. The zero-order valence-electron chi connectivity index (χ0n) is 15.0. The molecule has 0 saturated heterocycles. The van der Waals surface area contributed by atoms with Crippen molar-refractivity contribution in [3.05, 3.63) is 83.4 Å². The largest absolute Gasteiger partial charge is 0.508 e. The Morgan fingerprint density at radius 1 is 0.769 bits per heavy atom. The van der Waals surface area contributed by atoms with Crippen LogP contribution in [-0.2, 0) is 6.42 Å². The molecule has 2 heteroatoms. The summed E-state index contributed by atoms with van der Waals surface area (Å²) in [4.78, 5) is 0. The molecule has 2 N–H and O–H groups in total. The third-order valence-electron chi connectivity index (χ3n) is 5.24. The first-order valence-corrected chi connectivity index (χ1v) is 8.96. The quantitative estimate of drug-likeness (QED) is 0.475. The minimum Gasteiger partial charge on any atom is -0.508 e. The molecule has 0 bridgehead atoms. The molecule has 1 atom stereocenters. The summed E-state index contributed by atoms with van der Waals surface area (Å²) in [5.74, 6) is 0.853. The average Bonchev–Trinajstić information content (AvgIpc) is 2.62. The summed E-state index contributed by atoms with van der Waals surface area (Å²) in [6, 6.07) is 21.8. The number of fused-ring (bicyclic) bond motifs is 2. The maximum absolute atomic E-state index is 10.2. The number of benzene rings is 4. The number of aromatic hydroxyl groups is 2. The second kappa shape index (κ2) is 6.38. The highest BCUT2D eigenvalue weighted by Crippen LogP contribution is 2.34. The molecule has 0 aliphatic carbocycles. The van der Waals surface area contributed by atoms with Crippen molar-refractivity contribution < 1.29 is 10.2 Å². The second-order valence-electron chi connectivity index (χ2n) is 7.13. The van der Waals surface area contributed by atoms with Gasteiger partial charge >= 0.3 is 0 Å². The van der Waals surface area contributed by atoms with Gasteiger partial charge in [-0.05, 0) is 81.8 Å². The normalized spacial score (nSPS) is 12.5. The maximum atomic E-state index is 10.2. The summed E-state index contributed by atoms with van der Waals surface area (Å²) in [7, 11) is 0. The van der Waals surface area contributed by atoms with Gasteiger partial charge in [-0.2, -0.15) is 0 Å². The lowest BCUT2D eigenvalue weighted by molar-refractivity contribution is 0.475. The van der Waals surface area contributed by atoms with Crippen LogP contribution in [0.5, 0.6) is 11.5 Å². The highest BCUT2D eigenvalue weighted by Gasteiger charge is 2.14. The summed E-state index contributed by atoms with van der Waals surface area (Å²) in [6.45, 7) is 4.27. The molecule has 0 fully saturated rings. The lowest BCUT2D eigenvalue weighted by atomic mass is 9.87. The molecule has 4 aromatic carbocycles. The summed E-state index contributed by atoms with van der Waals surface area (Å²) < 4.78 is 0. The van der Waals surface area contributed by atoms with Gasteiger partial charge in [-0.25, -0.2) is 0 Å². The van der Waals surface area contributed by atoms with Crippen LogP contribution < -0.4 is 0 Å². The fourth-order valence-corrected chi connectivity index (χ4v) is 3.92. The predicted octanol–water partition coefficient (Wildman–Crippen LogP) is 6.06. The molecule has 0 radical (unpaired) electrons. The molecule has 0 aromatic heterocycles. The molecule has 4 aromatic rings. The molecular formula is C24H22O2. The van der Waals surface area contributed by atoms with Gasteiger partial charge in [-0.1, -0.05) is 49.4 Å². The first-order chi connectivity index (χ1) is 12.5. The molecule has 1 unspecified atom stereocenters. The minimum atomic E-state index is 0.256. The molecule has 0 saturated carbocycles. The van der Waals surface area contributed by atoms with Crippen LogP contribution in [0.2, 0.25) is 0 Å². The Kier molecular flexibility index (Phi) is 4.04. The molecule has 4 rings (SSSR count). The van der Waals surface area contributed by atoms with Gasteiger partial charge in [0, 0.05) is 0 Å². The van der Waals surface area contributed by atoms with E-state index >= 15 is 0 Å². The Morgan fingerprint density at radius 2 is 1.54 bits per heavy atom. The number of phenolic OH excluding ortho intramolecular Hbond substituents is 2. The third-order valence-corrected chi connectivity index (χ3v) is 5.24. The monoisotopic (exact) mass is 342 g/mol. The van der Waals surface area contributed by atoms with E-state index in [4.69, 9.17) is 0 Å². The van der Waals surface area contributed by atoms with E-state index < -0.39 is 0 Å². The Bertz CT molecular complexity index is 1110. The summed E-state index contributed by atoms with van der Waals surface area (Å²) >= 11 is 0. The lowest BCUT2D eigenvalue weighted by Crippen LogP contribution is -2.00.